The molecule has 0 spiro atoms. The highest BCUT2D eigenvalue weighted by molar-refractivity contribution is 7.20. The molecular weight excluding hydrogens is 325 g/mol. The monoisotopic (exact) mass is 339 g/mol. The minimum Gasteiger partial charge on any atom is -0.353 e. The molecule has 1 N–H and O–H groups in total. The number of hydrogen-bond donors (Lipinski definition) is 1. The number of thiophene rings is 1. The van der Waals surface area contributed by atoms with Crippen LogP contribution in [0.3, 0.4) is 0 Å². The second-order valence-electron chi connectivity index (χ2n) is 6.00. The number of nitrogens with one attached hydrogen (secondary N) is 1. The van der Waals surface area contributed by atoms with Gasteiger partial charge in [-0.2, -0.15) is 5.26 Å². The van der Waals surface area contributed by atoms with Crippen molar-refractivity contribution in [3.05, 3.63) is 56.9 Å². The standard InChI is InChI=1S/C18H14FN3OS/c1-10-8-11(2-6-14(10)19)21-17-13-5-7-16(23)22(12-3-4-12)18(13)24-15(17)9-20/h2,5-8,12,21H,3-4H2,1H3. The van der Waals surface area contributed by atoms with Gasteiger partial charge in [0.1, 0.15) is 21.6 Å². The fraction of sp³-hybridized carbons (Fsp3) is 0.222. The summed E-state index contributed by atoms with van der Waals surface area (Å²) >= 11 is 1.32. The molecule has 1 fully saturated rings. The normalized spacial score (nSPS) is 13.9. The first kappa shape index (κ1) is 14.9. The molecule has 1 aromatic carbocycles. The van der Waals surface area contributed by atoms with Gasteiger partial charge in [0.2, 0.25) is 0 Å². The van der Waals surface area contributed by atoms with E-state index in [1.165, 1.54) is 17.4 Å². The number of rotatable bonds is 3. The van der Waals surface area contributed by atoms with Crippen LogP contribution in [0.4, 0.5) is 15.8 Å². The molecule has 0 aliphatic heterocycles. The molecule has 24 heavy (non-hydrogen) atoms. The molecule has 0 bridgehead atoms. The molecule has 1 saturated carbocycles. The Kier molecular flexibility index (Phi) is 3.39. The van der Waals surface area contributed by atoms with Crippen LogP contribution in [0.25, 0.3) is 10.2 Å². The summed E-state index contributed by atoms with van der Waals surface area (Å²) in [4.78, 5) is 13.5. The zero-order valence-electron chi connectivity index (χ0n) is 13.0. The first-order valence-electron chi connectivity index (χ1n) is 7.70. The molecule has 6 heteroatoms. The Morgan fingerprint density at radius 3 is 2.79 bits per heavy atom. The van der Waals surface area contributed by atoms with E-state index in [2.05, 4.69) is 11.4 Å². The van der Waals surface area contributed by atoms with Gasteiger partial charge in [-0.05, 0) is 49.6 Å². The van der Waals surface area contributed by atoms with Crippen molar-refractivity contribution < 1.29 is 4.39 Å². The van der Waals surface area contributed by atoms with E-state index in [4.69, 9.17) is 0 Å². The number of nitrogens with zero attached hydrogens (tertiary/aromatic N) is 2. The topological polar surface area (TPSA) is 57.8 Å². The molecule has 0 radical (unpaired) electrons. The highest BCUT2D eigenvalue weighted by atomic mass is 32.1. The molecule has 3 aromatic rings. The Morgan fingerprint density at radius 2 is 2.12 bits per heavy atom. The number of aromatic nitrogens is 1. The van der Waals surface area contributed by atoms with Gasteiger partial charge in [-0.1, -0.05) is 0 Å². The van der Waals surface area contributed by atoms with Crippen LogP contribution in [0.2, 0.25) is 0 Å². The van der Waals surface area contributed by atoms with E-state index in [1.54, 1.807) is 35.8 Å². The van der Waals surface area contributed by atoms with E-state index in [9.17, 15) is 14.4 Å². The van der Waals surface area contributed by atoms with E-state index < -0.39 is 0 Å². The molecule has 1 aliphatic rings. The van der Waals surface area contributed by atoms with E-state index in [0.717, 1.165) is 23.1 Å². The molecule has 2 heterocycles. The summed E-state index contributed by atoms with van der Waals surface area (Å²) < 4.78 is 15.2. The van der Waals surface area contributed by atoms with E-state index >= 15 is 0 Å². The summed E-state index contributed by atoms with van der Waals surface area (Å²) in [5.41, 5.74) is 1.90. The first-order chi connectivity index (χ1) is 11.6. The smallest absolute Gasteiger partial charge is 0.251 e. The number of fused-ring (bicyclic) bond motifs is 1. The Hall–Kier alpha value is -2.65. The van der Waals surface area contributed by atoms with Gasteiger partial charge in [-0.15, -0.1) is 11.3 Å². The number of halogens is 1. The lowest BCUT2D eigenvalue weighted by molar-refractivity contribution is 0.619. The summed E-state index contributed by atoms with van der Waals surface area (Å²) in [6.45, 7) is 1.70. The van der Waals surface area contributed by atoms with Gasteiger partial charge in [0.15, 0.2) is 0 Å². The largest absolute Gasteiger partial charge is 0.353 e. The van der Waals surface area contributed by atoms with Crippen molar-refractivity contribution in [3.63, 3.8) is 0 Å². The molecule has 120 valence electrons. The molecule has 0 unspecified atom stereocenters. The summed E-state index contributed by atoms with van der Waals surface area (Å²) in [5, 5.41) is 13.6. The van der Waals surface area contributed by atoms with Gasteiger partial charge in [0, 0.05) is 23.2 Å². The summed E-state index contributed by atoms with van der Waals surface area (Å²) in [5.74, 6) is -0.265. The molecule has 4 rings (SSSR count). The zero-order chi connectivity index (χ0) is 16.8. The SMILES string of the molecule is Cc1cc(Nc2c(C#N)sc3c2ccc(=O)n3C2CC2)ccc1F. The minimum absolute atomic E-state index is 0.0279. The van der Waals surface area contributed by atoms with E-state index in [0.29, 0.717) is 21.8 Å². The van der Waals surface area contributed by atoms with Crippen LogP contribution >= 0.6 is 11.3 Å². The first-order valence-corrected chi connectivity index (χ1v) is 8.51. The van der Waals surface area contributed by atoms with Crippen LogP contribution in [-0.2, 0) is 0 Å². The Bertz CT molecular complexity index is 1060. The summed E-state index contributed by atoms with van der Waals surface area (Å²) in [7, 11) is 0. The number of aryl methyl sites for hydroxylation is 1. The molecule has 1 aliphatic carbocycles. The highest BCUT2D eigenvalue weighted by Gasteiger charge is 2.28. The Balaban J connectivity index is 1.88. The van der Waals surface area contributed by atoms with Gasteiger partial charge in [0.05, 0.1) is 5.69 Å². The van der Waals surface area contributed by atoms with Crippen LogP contribution in [0, 0.1) is 24.1 Å². The predicted molar refractivity (Wildman–Crippen MR) is 93.5 cm³/mol. The fourth-order valence-electron chi connectivity index (χ4n) is 2.85. The minimum atomic E-state index is -0.265. The lowest BCUT2D eigenvalue weighted by Crippen LogP contribution is -2.16. The van der Waals surface area contributed by atoms with Gasteiger partial charge in [-0.3, -0.25) is 9.36 Å². The van der Waals surface area contributed by atoms with Gasteiger partial charge in [-0.25, -0.2) is 4.39 Å². The van der Waals surface area contributed by atoms with E-state index in [-0.39, 0.29) is 17.4 Å². The molecule has 0 amide bonds. The van der Waals surface area contributed by atoms with Crippen molar-refractivity contribution in [2.45, 2.75) is 25.8 Å². The number of pyridine rings is 1. The number of nitriles is 1. The molecule has 0 atom stereocenters. The van der Waals surface area contributed by atoms with Gasteiger partial charge >= 0.3 is 0 Å². The van der Waals surface area contributed by atoms with Crippen molar-refractivity contribution in [2.75, 3.05) is 5.32 Å². The lowest BCUT2D eigenvalue weighted by Gasteiger charge is -2.08. The van der Waals surface area contributed by atoms with Crippen molar-refractivity contribution in [1.82, 2.24) is 4.57 Å². The third-order valence-electron chi connectivity index (χ3n) is 4.22. The predicted octanol–water partition coefficient (Wildman–Crippen LogP) is 4.46. The third kappa shape index (κ3) is 2.38. The van der Waals surface area contributed by atoms with Crippen LogP contribution < -0.4 is 10.9 Å². The van der Waals surface area contributed by atoms with Crippen molar-refractivity contribution in [3.8, 4) is 6.07 Å². The van der Waals surface area contributed by atoms with Crippen LogP contribution in [-0.4, -0.2) is 4.57 Å². The van der Waals surface area contributed by atoms with Gasteiger partial charge in [0.25, 0.3) is 5.56 Å². The number of benzene rings is 1. The maximum absolute atomic E-state index is 13.5. The lowest BCUT2D eigenvalue weighted by atomic mass is 10.2. The van der Waals surface area contributed by atoms with Crippen molar-refractivity contribution in [2.24, 2.45) is 0 Å². The molecule has 0 saturated heterocycles. The molecular formula is C18H14FN3OS. The fourth-order valence-corrected chi connectivity index (χ4v) is 3.97. The number of anilines is 2. The van der Waals surface area contributed by atoms with Crippen molar-refractivity contribution >= 4 is 32.9 Å². The quantitative estimate of drug-likeness (QED) is 0.766. The van der Waals surface area contributed by atoms with E-state index in [1.807, 2.05) is 0 Å². The zero-order valence-corrected chi connectivity index (χ0v) is 13.8. The average Bonchev–Trinajstić information content (AvgIpc) is 3.33. The average molecular weight is 339 g/mol. The molecule has 4 nitrogen and oxygen atoms in total. The third-order valence-corrected chi connectivity index (χ3v) is 5.32. The summed E-state index contributed by atoms with van der Waals surface area (Å²) in [6, 6.07) is 10.5. The van der Waals surface area contributed by atoms with Crippen LogP contribution in [0.15, 0.2) is 35.1 Å². The Morgan fingerprint density at radius 1 is 1.33 bits per heavy atom. The maximum Gasteiger partial charge on any atom is 0.251 e. The maximum atomic E-state index is 13.5. The summed E-state index contributed by atoms with van der Waals surface area (Å²) in [6.07, 6.45) is 2.00. The second kappa shape index (κ2) is 5.46. The van der Waals surface area contributed by atoms with Crippen LogP contribution in [0.1, 0.15) is 29.3 Å². The molecule has 2 aromatic heterocycles. The number of hydrogen-bond acceptors (Lipinski definition) is 4. The Labute approximate surface area is 141 Å². The van der Waals surface area contributed by atoms with Gasteiger partial charge < -0.3 is 5.32 Å². The highest BCUT2D eigenvalue weighted by Crippen LogP contribution is 2.42. The second-order valence-corrected chi connectivity index (χ2v) is 7.00. The van der Waals surface area contributed by atoms with Crippen LogP contribution in [0.5, 0.6) is 0 Å². The van der Waals surface area contributed by atoms with Crippen molar-refractivity contribution in [1.29, 1.82) is 5.26 Å².